The number of nitrogens with one attached hydrogen (secondary N) is 2. The first-order valence-corrected chi connectivity index (χ1v) is 9.27. The van der Waals surface area contributed by atoms with Gasteiger partial charge in [0.2, 0.25) is 11.8 Å². The Kier molecular flexibility index (Phi) is 10.2. The summed E-state index contributed by atoms with van der Waals surface area (Å²) in [6, 6.07) is 6.67. The number of hydrogen-bond acceptors (Lipinski definition) is 4. The molecule has 1 atom stereocenters. The van der Waals surface area contributed by atoms with Crippen molar-refractivity contribution in [2.45, 2.75) is 51.5 Å². The number of likely N-dealkylation sites (tertiary alicyclic amines) is 1. The fraction of sp³-hybridized carbons (Fsp3) is 0.579. The van der Waals surface area contributed by atoms with E-state index in [1.807, 2.05) is 19.1 Å². The molecule has 4 N–H and O–H groups in total. The van der Waals surface area contributed by atoms with Gasteiger partial charge in [-0.3, -0.25) is 14.5 Å². The number of nitrogens with two attached hydrogens (primary N) is 1. The zero-order valence-electron chi connectivity index (χ0n) is 15.5. The summed E-state index contributed by atoms with van der Waals surface area (Å²) in [6.07, 6.45) is 6.33. The van der Waals surface area contributed by atoms with Gasteiger partial charge in [-0.15, -0.1) is 12.4 Å². The molecule has 146 valence electrons. The van der Waals surface area contributed by atoms with Gasteiger partial charge in [0, 0.05) is 11.4 Å². The molecule has 2 amide bonds. The summed E-state index contributed by atoms with van der Waals surface area (Å²) < 4.78 is 0. The number of carbonyl (C=O) groups excluding carboxylic acids is 2. The van der Waals surface area contributed by atoms with E-state index in [0.717, 1.165) is 32.4 Å². The molecule has 1 fully saturated rings. The minimum Gasteiger partial charge on any atom is -0.325 e. The van der Waals surface area contributed by atoms with Crippen LogP contribution in [0.5, 0.6) is 0 Å². The van der Waals surface area contributed by atoms with Crippen LogP contribution in [0.2, 0.25) is 0 Å². The summed E-state index contributed by atoms with van der Waals surface area (Å²) in [4.78, 5) is 26.5. The second kappa shape index (κ2) is 11.9. The molecular formula is C19H31ClN4O2. The second-order valence-corrected chi connectivity index (χ2v) is 6.70. The zero-order valence-corrected chi connectivity index (χ0v) is 16.3. The SMILES string of the molecule is CCCC(N)C(=O)Nc1cccc(NC(=O)CN2CCCCCC2)c1.Cl. The lowest BCUT2D eigenvalue weighted by Crippen LogP contribution is -2.35. The van der Waals surface area contributed by atoms with Crippen molar-refractivity contribution in [3.63, 3.8) is 0 Å². The van der Waals surface area contributed by atoms with Crippen LogP contribution in [0.4, 0.5) is 11.4 Å². The highest BCUT2D eigenvalue weighted by Crippen LogP contribution is 2.16. The number of benzene rings is 1. The van der Waals surface area contributed by atoms with Crippen molar-refractivity contribution in [3.8, 4) is 0 Å². The van der Waals surface area contributed by atoms with Crippen molar-refractivity contribution >= 4 is 35.6 Å². The van der Waals surface area contributed by atoms with Crippen molar-refractivity contribution in [3.05, 3.63) is 24.3 Å². The normalized spacial score (nSPS) is 16.1. The first kappa shape index (κ1) is 22.4. The maximum atomic E-state index is 12.3. The summed E-state index contributed by atoms with van der Waals surface area (Å²) in [5.41, 5.74) is 7.15. The topological polar surface area (TPSA) is 87.5 Å². The minimum atomic E-state index is -0.508. The van der Waals surface area contributed by atoms with Gasteiger partial charge in [-0.2, -0.15) is 0 Å². The molecule has 1 heterocycles. The maximum Gasteiger partial charge on any atom is 0.241 e. The van der Waals surface area contributed by atoms with Crippen molar-refractivity contribution in [2.75, 3.05) is 30.3 Å². The summed E-state index contributed by atoms with van der Waals surface area (Å²) in [5, 5.41) is 5.72. The molecule has 1 aromatic rings. The molecule has 1 saturated heterocycles. The van der Waals surface area contributed by atoms with E-state index in [2.05, 4.69) is 15.5 Å². The Morgan fingerprint density at radius 2 is 1.73 bits per heavy atom. The molecule has 1 unspecified atom stereocenters. The molecule has 0 spiro atoms. The summed E-state index contributed by atoms with van der Waals surface area (Å²) in [5.74, 6) is -0.219. The molecule has 1 aliphatic rings. The van der Waals surface area contributed by atoms with Gasteiger partial charge in [0.15, 0.2) is 0 Å². The molecule has 1 aliphatic heterocycles. The van der Waals surface area contributed by atoms with Gasteiger partial charge in [-0.05, 0) is 50.6 Å². The highest BCUT2D eigenvalue weighted by Gasteiger charge is 2.14. The number of rotatable bonds is 7. The third kappa shape index (κ3) is 7.72. The number of amides is 2. The molecule has 1 aromatic carbocycles. The van der Waals surface area contributed by atoms with E-state index in [9.17, 15) is 9.59 Å². The average Bonchev–Trinajstić information content (AvgIpc) is 2.84. The van der Waals surface area contributed by atoms with Crippen LogP contribution in [0, 0.1) is 0 Å². The monoisotopic (exact) mass is 382 g/mol. The van der Waals surface area contributed by atoms with Crippen LogP contribution in [0.15, 0.2) is 24.3 Å². The van der Waals surface area contributed by atoms with Gasteiger partial charge in [0.1, 0.15) is 0 Å². The van der Waals surface area contributed by atoms with Crippen LogP contribution in [0.25, 0.3) is 0 Å². The first-order valence-electron chi connectivity index (χ1n) is 9.27. The predicted molar refractivity (Wildman–Crippen MR) is 109 cm³/mol. The Hall–Kier alpha value is -1.63. The lowest BCUT2D eigenvalue weighted by atomic mass is 10.1. The van der Waals surface area contributed by atoms with Crippen LogP contribution >= 0.6 is 12.4 Å². The van der Waals surface area contributed by atoms with Crippen molar-refractivity contribution < 1.29 is 9.59 Å². The van der Waals surface area contributed by atoms with E-state index < -0.39 is 6.04 Å². The number of nitrogens with zero attached hydrogens (tertiary/aromatic N) is 1. The minimum absolute atomic E-state index is 0. The molecule has 2 rings (SSSR count). The highest BCUT2D eigenvalue weighted by atomic mass is 35.5. The van der Waals surface area contributed by atoms with Crippen LogP contribution in [0.1, 0.15) is 45.4 Å². The van der Waals surface area contributed by atoms with Gasteiger partial charge in [-0.1, -0.05) is 32.3 Å². The number of hydrogen-bond donors (Lipinski definition) is 3. The molecule has 0 aliphatic carbocycles. The van der Waals surface area contributed by atoms with Gasteiger partial charge in [0.05, 0.1) is 12.6 Å². The third-order valence-electron chi connectivity index (χ3n) is 4.42. The van der Waals surface area contributed by atoms with Crippen molar-refractivity contribution in [1.29, 1.82) is 0 Å². The first-order chi connectivity index (χ1) is 12.1. The van der Waals surface area contributed by atoms with Crippen molar-refractivity contribution in [1.82, 2.24) is 4.90 Å². The Balaban J connectivity index is 0.00000338. The van der Waals surface area contributed by atoms with Gasteiger partial charge >= 0.3 is 0 Å². The molecule has 26 heavy (non-hydrogen) atoms. The smallest absolute Gasteiger partial charge is 0.241 e. The third-order valence-corrected chi connectivity index (χ3v) is 4.42. The van der Waals surface area contributed by atoms with Gasteiger partial charge in [-0.25, -0.2) is 0 Å². The van der Waals surface area contributed by atoms with Crippen LogP contribution < -0.4 is 16.4 Å². The quantitative estimate of drug-likeness (QED) is 0.676. The lowest BCUT2D eigenvalue weighted by molar-refractivity contribution is -0.118. The summed E-state index contributed by atoms with van der Waals surface area (Å²) >= 11 is 0. The van der Waals surface area contributed by atoms with E-state index in [1.54, 1.807) is 12.1 Å². The van der Waals surface area contributed by atoms with E-state index in [0.29, 0.717) is 24.3 Å². The Morgan fingerprint density at radius 1 is 1.12 bits per heavy atom. The molecule has 0 saturated carbocycles. The van der Waals surface area contributed by atoms with E-state index >= 15 is 0 Å². The Morgan fingerprint density at radius 3 is 2.35 bits per heavy atom. The van der Waals surface area contributed by atoms with Gasteiger partial charge < -0.3 is 16.4 Å². The van der Waals surface area contributed by atoms with Crippen LogP contribution in [-0.2, 0) is 9.59 Å². The highest BCUT2D eigenvalue weighted by molar-refractivity contribution is 5.96. The van der Waals surface area contributed by atoms with Crippen molar-refractivity contribution in [2.24, 2.45) is 5.73 Å². The van der Waals surface area contributed by atoms with Crippen LogP contribution in [-0.4, -0.2) is 42.4 Å². The van der Waals surface area contributed by atoms with Gasteiger partial charge in [0.25, 0.3) is 0 Å². The molecule has 7 heteroatoms. The molecular weight excluding hydrogens is 352 g/mol. The zero-order chi connectivity index (χ0) is 18.1. The molecule has 0 bridgehead atoms. The fourth-order valence-electron chi connectivity index (χ4n) is 3.05. The maximum absolute atomic E-state index is 12.3. The Bertz CT molecular complexity index is 574. The largest absolute Gasteiger partial charge is 0.325 e. The predicted octanol–water partition coefficient (Wildman–Crippen LogP) is 2.99. The van der Waals surface area contributed by atoms with E-state index in [-0.39, 0.29) is 24.2 Å². The molecule has 6 nitrogen and oxygen atoms in total. The number of anilines is 2. The summed E-state index contributed by atoms with van der Waals surface area (Å²) in [7, 11) is 0. The standard InChI is InChI=1S/C19H30N4O2.ClH/c1-2-8-17(20)19(25)22-16-10-7-9-15(13-16)21-18(24)14-23-11-5-3-4-6-12-23;/h7,9-10,13,17H,2-6,8,11-12,14,20H2,1H3,(H,21,24)(H,22,25);1H. The Labute approximate surface area is 162 Å². The fourth-order valence-corrected chi connectivity index (χ4v) is 3.05. The second-order valence-electron chi connectivity index (χ2n) is 6.70. The molecule has 0 radical (unpaired) electrons. The van der Waals surface area contributed by atoms with E-state index in [1.165, 1.54) is 12.8 Å². The lowest BCUT2D eigenvalue weighted by Gasteiger charge is -2.19. The summed E-state index contributed by atoms with van der Waals surface area (Å²) in [6.45, 7) is 4.38. The number of halogens is 1. The number of carbonyl (C=O) groups is 2. The van der Waals surface area contributed by atoms with E-state index in [4.69, 9.17) is 5.73 Å². The van der Waals surface area contributed by atoms with Crippen LogP contribution in [0.3, 0.4) is 0 Å². The average molecular weight is 383 g/mol. The molecule has 0 aromatic heterocycles.